The average molecular weight is 188 g/mol. The van der Waals surface area contributed by atoms with Crippen LogP contribution in [0.3, 0.4) is 0 Å². The van der Waals surface area contributed by atoms with Crippen LogP contribution in [0.1, 0.15) is 26.7 Å². The van der Waals surface area contributed by atoms with E-state index in [0.717, 1.165) is 19.4 Å². The van der Waals surface area contributed by atoms with E-state index in [2.05, 4.69) is 17.6 Å². The smallest absolute Gasteiger partial charge is 0.407 e. The largest absolute Gasteiger partial charge is 0.450 e. The van der Waals surface area contributed by atoms with Crippen molar-refractivity contribution in [1.82, 2.24) is 10.6 Å². The Kier molecular flexibility index (Phi) is 7.39. The Bertz CT molecular complexity index is 140. The van der Waals surface area contributed by atoms with Gasteiger partial charge in [-0.15, -0.1) is 0 Å². The van der Waals surface area contributed by atoms with Crippen molar-refractivity contribution in [3.05, 3.63) is 0 Å². The van der Waals surface area contributed by atoms with E-state index in [1.807, 2.05) is 14.0 Å². The van der Waals surface area contributed by atoms with Gasteiger partial charge in [-0.3, -0.25) is 0 Å². The molecule has 4 nitrogen and oxygen atoms in total. The number of nitrogens with one attached hydrogen (secondary N) is 2. The van der Waals surface area contributed by atoms with Crippen LogP contribution in [0.15, 0.2) is 0 Å². The second kappa shape index (κ2) is 7.86. The number of carbonyl (C=O) groups excluding carboxylic acids is 1. The molecule has 0 aromatic rings. The monoisotopic (exact) mass is 188 g/mol. The maximum absolute atomic E-state index is 11.0. The molecule has 0 aromatic heterocycles. The van der Waals surface area contributed by atoms with E-state index in [9.17, 15) is 4.79 Å². The Hall–Kier alpha value is -0.770. The lowest BCUT2D eigenvalue weighted by atomic mass is 10.3. The Labute approximate surface area is 80.0 Å². The number of rotatable bonds is 6. The number of amides is 1. The molecule has 1 amide bonds. The van der Waals surface area contributed by atoms with Crippen molar-refractivity contribution in [2.45, 2.75) is 32.7 Å². The van der Waals surface area contributed by atoms with Gasteiger partial charge in [0.25, 0.3) is 0 Å². The van der Waals surface area contributed by atoms with Crippen molar-refractivity contribution in [2.75, 3.05) is 20.2 Å². The Balaban J connectivity index is 3.38. The molecule has 0 fully saturated rings. The first-order valence-electron chi connectivity index (χ1n) is 4.78. The first kappa shape index (κ1) is 12.2. The highest BCUT2D eigenvalue weighted by molar-refractivity contribution is 5.67. The first-order valence-corrected chi connectivity index (χ1v) is 4.78. The van der Waals surface area contributed by atoms with Crippen LogP contribution in [0.2, 0.25) is 0 Å². The fourth-order valence-corrected chi connectivity index (χ4v) is 0.909. The lowest BCUT2D eigenvalue weighted by Crippen LogP contribution is -2.39. The molecule has 0 heterocycles. The van der Waals surface area contributed by atoms with Gasteiger partial charge in [0.1, 0.15) is 0 Å². The van der Waals surface area contributed by atoms with Gasteiger partial charge < -0.3 is 15.4 Å². The van der Waals surface area contributed by atoms with Crippen LogP contribution < -0.4 is 10.6 Å². The molecule has 1 atom stereocenters. The molecule has 0 radical (unpaired) electrons. The molecule has 0 aliphatic carbocycles. The van der Waals surface area contributed by atoms with Crippen molar-refractivity contribution < 1.29 is 9.53 Å². The van der Waals surface area contributed by atoms with Gasteiger partial charge in [0.15, 0.2) is 0 Å². The molecule has 0 spiro atoms. The molecule has 0 unspecified atom stereocenters. The molecule has 13 heavy (non-hydrogen) atoms. The fourth-order valence-electron chi connectivity index (χ4n) is 0.909. The standard InChI is InChI=1S/C9H20N2O2/c1-4-5-6-13-9(12)11-8(2)7-10-3/h8,10H,4-7H2,1-3H3,(H,11,12)/t8-/m0/s1. The van der Waals surface area contributed by atoms with E-state index in [-0.39, 0.29) is 12.1 Å². The Morgan fingerprint density at radius 2 is 2.23 bits per heavy atom. The zero-order valence-electron chi connectivity index (χ0n) is 8.72. The number of alkyl carbamates (subject to hydrolysis) is 1. The van der Waals surface area contributed by atoms with E-state index in [0.29, 0.717) is 6.61 Å². The summed E-state index contributed by atoms with van der Waals surface area (Å²) >= 11 is 0. The van der Waals surface area contributed by atoms with E-state index < -0.39 is 0 Å². The zero-order chi connectivity index (χ0) is 10.1. The van der Waals surface area contributed by atoms with Crippen LogP contribution in [-0.4, -0.2) is 32.3 Å². The third kappa shape index (κ3) is 7.59. The molecule has 0 saturated carbocycles. The second-order valence-corrected chi connectivity index (χ2v) is 3.09. The number of hydrogen-bond donors (Lipinski definition) is 2. The van der Waals surface area contributed by atoms with Gasteiger partial charge >= 0.3 is 6.09 Å². The van der Waals surface area contributed by atoms with Gasteiger partial charge in [0.05, 0.1) is 6.61 Å². The molecule has 4 heteroatoms. The molecule has 78 valence electrons. The molecule has 0 bridgehead atoms. The average Bonchev–Trinajstić information content (AvgIpc) is 2.05. The summed E-state index contributed by atoms with van der Waals surface area (Å²) in [4.78, 5) is 11.0. The van der Waals surface area contributed by atoms with Gasteiger partial charge in [-0.2, -0.15) is 0 Å². The highest BCUT2D eigenvalue weighted by Gasteiger charge is 2.05. The first-order chi connectivity index (χ1) is 6.20. The van der Waals surface area contributed by atoms with Crippen LogP contribution in [0.25, 0.3) is 0 Å². The topological polar surface area (TPSA) is 50.4 Å². The van der Waals surface area contributed by atoms with E-state index >= 15 is 0 Å². The summed E-state index contributed by atoms with van der Waals surface area (Å²) in [6.45, 7) is 5.25. The van der Waals surface area contributed by atoms with Crippen molar-refractivity contribution in [3.63, 3.8) is 0 Å². The molecule has 0 aliphatic heterocycles. The minimum atomic E-state index is -0.323. The lowest BCUT2D eigenvalue weighted by molar-refractivity contribution is 0.141. The molecule has 0 aromatic carbocycles. The molecular weight excluding hydrogens is 168 g/mol. The van der Waals surface area contributed by atoms with Crippen LogP contribution in [0.4, 0.5) is 4.79 Å². The van der Waals surface area contributed by atoms with Crippen molar-refractivity contribution >= 4 is 6.09 Å². The quantitative estimate of drug-likeness (QED) is 0.614. The zero-order valence-corrected chi connectivity index (χ0v) is 8.72. The van der Waals surface area contributed by atoms with Crippen LogP contribution in [0.5, 0.6) is 0 Å². The number of hydrogen-bond acceptors (Lipinski definition) is 3. The third-order valence-electron chi connectivity index (χ3n) is 1.61. The summed E-state index contributed by atoms with van der Waals surface area (Å²) < 4.78 is 4.92. The maximum Gasteiger partial charge on any atom is 0.407 e. The maximum atomic E-state index is 11.0. The fraction of sp³-hybridized carbons (Fsp3) is 0.889. The van der Waals surface area contributed by atoms with Crippen LogP contribution >= 0.6 is 0 Å². The SMILES string of the molecule is CCCCOC(=O)N[C@@H](C)CNC. The highest BCUT2D eigenvalue weighted by Crippen LogP contribution is 1.89. The summed E-state index contributed by atoms with van der Waals surface area (Å²) in [7, 11) is 1.85. The lowest BCUT2D eigenvalue weighted by Gasteiger charge is -2.12. The summed E-state index contributed by atoms with van der Waals surface area (Å²) in [6.07, 6.45) is 1.64. The van der Waals surface area contributed by atoms with Crippen molar-refractivity contribution in [2.24, 2.45) is 0 Å². The Morgan fingerprint density at radius 1 is 1.54 bits per heavy atom. The van der Waals surface area contributed by atoms with Gasteiger partial charge in [0.2, 0.25) is 0 Å². The number of carbonyl (C=O) groups is 1. The summed E-state index contributed by atoms with van der Waals surface area (Å²) in [5.74, 6) is 0. The predicted octanol–water partition coefficient (Wildman–Crippen LogP) is 1.12. The van der Waals surface area contributed by atoms with Gasteiger partial charge in [-0.1, -0.05) is 13.3 Å². The van der Waals surface area contributed by atoms with Gasteiger partial charge in [-0.05, 0) is 20.4 Å². The van der Waals surface area contributed by atoms with E-state index in [1.54, 1.807) is 0 Å². The third-order valence-corrected chi connectivity index (χ3v) is 1.61. The van der Waals surface area contributed by atoms with Crippen molar-refractivity contribution in [1.29, 1.82) is 0 Å². The van der Waals surface area contributed by atoms with Gasteiger partial charge in [-0.25, -0.2) is 4.79 Å². The van der Waals surface area contributed by atoms with Gasteiger partial charge in [0, 0.05) is 12.6 Å². The molecule has 2 N–H and O–H groups in total. The van der Waals surface area contributed by atoms with Crippen molar-refractivity contribution in [3.8, 4) is 0 Å². The summed E-state index contributed by atoms with van der Waals surface area (Å²) in [6, 6.07) is 0.110. The number of unbranched alkanes of at least 4 members (excludes halogenated alkanes) is 1. The molecule has 0 aliphatic rings. The molecular formula is C9H20N2O2. The summed E-state index contributed by atoms with van der Waals surface area (Å²) in [5.41, 5.74) is 0. The Morgan fingerprint density at radius 3 is 2.77 bits per heavy atom. The second-order valence-electron chi connectivity index (χ2n) is 3.09. The number of likely N-dealkylation sites (N-methyl/N-ethyl adjacent to an activating group) is 1. The summed E-state index contributed by atoms with van der Waals surface area (Å²) in [5, 5.41) is 5.69. The minimum absolute atomic E-state index is 0.110. The predicted molar refractivity (Wildman–Crippen MR) is 52.8 cm³/mol. The normalized spacial score (nSPS) is 12.2. The van der Waals surface area contributed by atoms with E-state index in [1.165, 1.54) is 0 Å². The molecule has 0 rings (SSSR count). The minimum Gasteiger partial charge on any atom is -0.450 e. The van der Waals surface area contributed by atoms with Crippen LogP contribution in [-0.2, 0) is 4.74 Å². The highest BCUT2D eigenvalue weighted by atomic mass is 16.5. The molecule has 0 saturated heterocycles. The number of ether oxygens (including phenoxy) is 1. The van der Waals surface area contributed by atoms with E-state index in [4.69, 9.17) is 4.74 Å². The van der Waals surface area contributed by atoms with Crippen LogP contribution in [0, 0.1) is 0 Å².